The van der Waals surface area contributed by atoms with Crippen LogP contribution in [0.1, 0.15) is 5.69 Å². The highest BCUT2D eigenvalue weighted by Gasteiger charge is 2.16. The van der Waals surface area contributed by atoms with Crippen LogP contribution in [-0.2, 0) is 5.75 Å². The molecule has 0 fully saturated rings. The molecule has 2 aromatic rings. The molecule has 3 heterocycles. The Labute approximate surface area is 95.1 Å². The van der Waals surface area contributed by atoms with E-state index in [0.29, 0.717) is 11.5 Å². The van der Waals surface area contributed by atoms with E-state index in [4.69, 9.17) is 5.73 Å². The van der Waals surface area contributed by atoms with Crippen molar-refractivity contribution in [3.05, 3.63) is 28.2 Å². The number of hydrogen-bond acceptors (Lipinski definition) is 5. The lowest BCUT2D eigenvalue weighted by atomic mass is 10.4. The van der Waals surface area contributed by atoms with Crippen LogP contribution in [0, 0.1) is 0 Å². The van der Waals surface area contributed by atoms with Gasteiger partial charge in [0, 0.05) is 23.6 Å². The fourth-order valence-electron chi connectivity index (χ4n) is 1.53. The van der Waals surface area contributed by atoms with Crippen LogP contribution in [-0.4, -0.2) is 14.4 Å². The monoisotopic (exact) mass is 242 g/mol. The predicted molar refractivity (Wildman–Crippen MR) is 60.5 cm³/mol. The number of hydrogen-bond donors (Lipinski definition) is 1. The zero-order valence-corrected chi connectivity index (χ0v) is 9.14. The van der Waals surface area contributed by atoms with Crippen molar-refractivity contribution in [2.24, 2.45) is 0 Å². The van der Waals surface area contributed by atoms with Gasteiger partial charge in [-0.1, -0.05) is 11.8 Å². The fraction of sp³-hybridized carbons (Fsp3) is 0.125. The summed E-state index contributed by atoms with van der Waals surface area (Å²) in [5, 5.41) is 0.808. The second-order valence-corrected chi connectivity index (χ2v) is 3.97. The topological polar surface area (TPSA) is 73.3 Å². The average Bonchev–Trinajstić information content (AvgIpc) is 2.48. The van der Waals surface area contributed by atoms with Crippen molar-refractivity contribution >= 4 is 35.6 Å². The highest BCUT2D eigenvalue weighted by molar-refractivity contribution is 7.98. The summed E-state index contributed by atoms with van der Waals surface area (Å²) < 4.78 is 1.86. The Morgan fingerprint density at radius 1 is 1.40 bits per heavy atom. The minimum absolute atomic E-state index is 0. The van der Waals surface area contributed by atoms with Crippen molar-refractivity contribution in [2.75, 3.05) is 5.73 Å². The Morgan fingerprint density at radius 2 is 2.20 bits per heavy atom. The van der Waals surface area contributed by atoms with Crippen molar-refractivity contribution in [2.45, 2.75) is 10.9 Å². The van der Waals surface area contributed by atoms with Gasteiger partial charge >= 0.3 is 0 Å². The van der Waals surface area contributed by atoms with Crippen LogP contribution in [0.5, 0.6) is 0 Å². The van der Waals surface area contributed by atoms with Crippen LogP contribution in [0.2, 0.25) is 0 Å². The van der Waals surface area contributed by atoms with E-state index in [1.54, 1.807) is 17.8 Å². The molecule has 0 aromatic carbocycles. The molecule has 1 aliphatic rings. The smallest absolute Gasteiger partial charge is 0.273 e. The fourth-order valence-corrected chi connectivity index (χ4v) is 2.53. The Morgan fingerprint density at radius 3 is 3.00 bits per heavy atom. The Bertz CT molecular complexity index is 597. The molecule has 0 spiro atoms. The number of rotatable bonds is 0. The molecule has 3 rings (SSSR count). The zero-order chi connectivity index (χ0) is 9.71. The number of aromatic nitrogens is 3. The van der Waals surface area contributed by atoms with Gasteiger partial charge in [-0.15, -0.1) is 12.4 Å². The summed E-state index contributed by atoms with van der Waals surface area (Å²) in [4.78, 5) is 19.2. The lowest BCUT2D eigenvalue weighted by Crippen LogP contribution is -2.11. The third kappa shape index (κ3) is 1.46. The minimum atomic E-state index is -0.223. The molecular formula is C8H7ClN4OS. The van der Waals surface area contributed by atoms with Gasteiger partial charge < -0.3 is 5.73 Å². The molecule has 0 radical (unpaired) electrons. The van der Waals surface area contributed by atoms with Gasteiger partial charge in [-0.05, 0) is 0 Å². The maximum absolute atomic E-state index is 11.2. The third-order valence-electron chi connectivity index (χ3n) is 2.07. The number of anilines is 1. The van der Waals surface area contributed by atoms with E-state index in [-0.39, 0.29) is 18.0 Å². The minimum Gasteiger partial charge on any atom is -0.383 e. The second-order valence-electron chi connectivity index (χ2n) is 3.03. The van der Waals surface area contributed by atoms with Crippen LogP contribution in [0.15, 0.2) is 22.1 Å². The van der Waals surface area contributed by atoms with Gasteiger partial charge in [0.15, 0.2) is 5.16 Å². The second kappa shape index (κ2) is 3.39. The van der Waals surface area contributed by atoms with Crippen molar-refractivity contribution in [3.63, 3.8) is 0 Å². The summed E-state index contributed by atoms with van der Waals surface area (Å²) in [6.07, 6.45) is 0. The van der Waals surface area contributed by atoms with Gasteiger partial charge in [-0.2, -0.15) is 4.98 Å². The third-order valence-corrected chi connectivity index (χ3v) is 3.05. The van der Waals surface area contributed by atoms with E-state index in [1.807, 2.05) is 4.40 Å². The van der Waals surface area contributed by atoms with E-state index in [9.17, 15) is 4.79 Å². The quantitative estimate of drug-likeness (QED) is 0.689. The summed E-state index contributed by atoms with van der Waals surface area (Å²) in [5.41, 5.74) is 6.89. The number of thioether (sulfide) groups is 1. The first-order valence-electron chi connectivity index (χ1n) is 4.06. The van der Waals surface area contributed by atoms with E-state index >= 15 is 0 Å². The van der Waals surface area contributed by atoms with E-state index in [0.717, 1.165) is 16.6 Å². The molecule has 0 unspecified atom stereocenters. The molecular weight excluding hydrogens is 236 g/mol. The first kappa shape index (κ1) is 10.3. The molecule has 15 heavy (non-hydrogen) atoms. The molecule has 0 atom stereocenters. The molecule has 0 saturated carbocycles. The summed E-state index contributed by atoms with van der Waals surface area (Å²) >= 11 is 1.56. The Kier molecular flexibility index (Phi) is 2.32. The molecule has 2 aromatic heterocycles. The van der Waals surface area contributed by atoms with Crippen LogP contribution in [0.25, 0.3) is 5.65 Å². The van der Waals surface area contributed by atoms with E-state index < -0.39 is 0 Å². The molecule has 1 aliphatic heterocycles. The first-order chi connectivity index (χ1) is 6.74. The molecule has 0 bridgehead atoms. The van der Waals surface area contributed by atoms with Crippen LogP contribution in [0.4, 0.5) is 5.82 Å². The number of nitrogen functional groups attached to an aromatic ring is 1. The molecule has 7 heteroatoms. The summed E-state index contributed by atoms with van der Waals surface area (Å²) in [6, 6.07) is 3.15. The first-order valence-corrected chi connectivity index (χ1v) is 5.04. The van der Waals surface area contributed by atoms with Crippen molar-refractivity contribution < 1.29 is 0 Å². The predicted octanol–water partition coefficient (Wildman–Crippen LogP) is 0.699. The summed E-state index contributed by atoms with van der Waals surface area (Å²) in [7, 11) is 0. The summed E-state index contributed by atoms with van der Waals surface area (Å²) in [5.74, 6) is 1.16. The lowest BCUT2D eigenvalue weighted by molar-refractivity contribution is 0.870. The van der Waals surface area contributed by atoms with Crippen LogP contribution < -0.4 is 11.3 Å². The van der Waals surface area contributed by atoms with Crippen molar-refractivity contribution in [1.82, 2.24) is 14.4 Å². The molecule has 0 saturated heterocycles. The Hall–Kier alpha value is -1.27. The highest BCUT2D eigenvalue weighted by Crippen LogP contribution is 2.29. The molecule has 5 nitrogen and oxygen atoms in total. The molecule has 2 N–H and O–H groups in total. The standard InChI is InChI=1S/C8H6N4OS.ClH/c9-5-2-6-11-7(13)1-4-3-14-8(10-5)12(4)6;/h1-2H,3,9H2;1H. The normalized spacial score (nSPS) is 12.8. The molecule has 0 aliphatic carbocycles. The van der Waals surface area contributed by atoms with Crippen LogP contribution >= 0.6 is 24.2 Å². The maximum atomic E-state index is 11.2. The summed E-state index contributed by atoms with van der Waals surface area (Å²) in [6.45, 7) is 0. The van der Waals surface area contributed by atoms with Gasteiger partial charge in [0.2, 0.25) is 0 Å². The number of nitrogens with two attached hydrogens (primary N) is 1. The number of halogens is 1. The molecule has 78 valence electrons. The number of nitrogens with zero attached hydrogens (tertiary/aromatic N) is 3. The van der Waals surface area contributed by atoms with E-state index in [1.165, 1.54) is 6.07 Å². The van der Waals surface area contributed by atoms with Gasteiger partial charge in [0.1, 0.15) is 11.5 Å². The van der Waals surface area contributed by atoms with Gasteiger partial charge in [0.05, 0.1) is 0 Å². The van der Waals surface area contributed by atoms with Gasteiger partial charge in [0.25, 0.3) is 5.56 Å². The van der Waals surface area contributed by atoms with Crippen LogP contribution in [0.3, 0.4) is 0 Å². The highest BCUT2D eigenvalue weighted by atomic mass is 35.5. The SMILES string of the molecule is Cl.Nc1cc2nc(=O)cc3n2c(n1)SC3. The maximum Gasteiger partial charge on any atom is 0.273 e. The molecule has 0 amide bonds. The zero-order valence-electron chi connectivity index (χ0n) is 7.51. The van der Waals surface area contributed by atoms with Gasteiger partial charge in [-0.25, -0.2) is 4.98 Å². The van der Waals surface area contributed by atoms with Gasteiger partial charge in [-0.3, -0.25) is 9.20 Å². The average molecular weight is 243 g/mol. The van der Waals surface area contributed by atoms with Crippen molar-refractivity contribution in [3.8, 4) is 0 Å². The largest absolute Gasteiger partial charge is 0.383 e. The Balaban J connectivity index is 0.000000853. The van der Waals surface area contributed by atoms with E-state index in [2.05, 4.69) is 9.97 Å². The lowest BCUT2D eigenvalue weighted by Gasteiger charge is -2.02. The van der Waals surface area contributed by atoms with Crippen molar-refractivity contribution in [1.29, 1.82) is 0 Å².